The van der Waals surface area contributed by atoms with Gasteiger partial charge in [-0.2, -0.15) is 4.98 Å². The van der Waals surface area contributed by atoms with Crippen molar-refractivity contribution in [3.05, 3.63) is 71.9 Å². The molecule has 3 aromatic rings. The predicted octanol–water partition coefficient (Wildman–Crippen LogP) is 4.40. The number of hydrogen-bond acceptors (Lipinski definition) is 5. The van der Waals surface area contributed by atoms with E-state index < -0.39 is 0 Å². The number of nitrogens with zero attached hydrogens (tertiary/aromatic N) is 2. The van der Waals surface area contributed by atoms with Gasteiger partial charge in [0.2, 0.25) is 5.95 Å². The molecule has 0 spiro atoms. The summed E-state index contributed by atoms with van der Waals surface area (Å²) in [5, 5.41) is 6.62. The number of aryl methyl sites for hydroxylation is 1. The van der Waals surface area contributed by atoms with E-state index in [2.05, 4.69) is 39.7 Å². The van der Waals surface area contributed by atoms with Crippen LogP contribution in [0.5, 0.6) is 5.75 Å². The third-order valence-corrected chi connectivity index (χ3v) is 3.95. The number of benzene rings is 2. The van der Waals surface area contributed by atoms with Crippen LogP contribution in [0.1, 0.15) is 18.1 Å². The monoisotopic (exact) mass is 334 g/mol. The zero-order valence-corrected chi connectivity index (χ0v) is 14.5. The van der Waals surface area contributed by atoms with Crippen molar-refractivity contribution >= 4 is 17.5 Å². The van der Waals surface area contributed by atoms with Crippen LogP contribution >= 0.6 is 0 Å². The molecule has 0 saturated carbocycles. The average Bonchev–Trinajstić information content (AvgIpc) is 2.67. The molecule has 1 aromatic heterocycles. The number of rotatable bonds is 7. The molecule has 2 N–H and O–H groups in total. The molecule has 5 nitrogen and oxygen atoms in total. The van der Waals surface area contributed by atoms with Gasteiger partial charge in [0.25, 0.3) is 0 Å². The van der Waals surface area contributed by atoms with Crippen LogP contribution in [0.4, 0.5) is 17.5 Å². The molecule has 0 radical (unpaired) electrons. The summed E-state index contributed by atoms with van der Waals surface area (Å²) in [4.78, 5) is 8.83. The van der Waals surface area contributed by atoms with Gasteiger partial charge in [-0.1, -0.05) is 43.3 Å². The highest BCUT2D eigenvalue weighted by molar-refractivity contribution is 5.61. The Kier molecular flexibility index (Phi) is 5.46. The maximum absolute atomic E-state index is 5.37. The van der Waals surface area contributed by atoms with Gasteiger partial charge in [0.1, 0.15) is 11.6 Å². The van der Waals surface area contributed by atoms with Crippen molar-refractivity contribution < 1.29 is 4.74 Å². The third-order valence-electron chi connectivity index (χ3n) is 3.95. The van der Waals surface area contributed by atoms with E-state index in [4.69, 9.17) is 4.74 Å². The molecule has 0 aliphatic heterocycles. The van der Waals surface area contributed by atoms with E-state index in [1.807, 2.05) is 42.5 Å². The van der Waals surface area contributed by atoms with Crippen molar-refractivity contribution in [2.75, 3.05) is 17.7 Å². The molecule has 25 heavy (non-hydrogen) atoms. The zero-order valence-electron chi connectivity index (χ0n) is 14.5. The highest BCUT2D eigenvalue weighted by atomic mass is 16.5. The Morgan fingerprint density at radius 3 is 2.52 bits per heavy atom. The van der Waals surface area contributed by atoms with Crippen LogP contribution in [0.25, 0.3) is 0 Å². The van der Waals surface area contributed by atoms with Gasteiger partial charge in [-0.3, -0.25) is 0 Å². The van der Waals surface area contributed by atoms with E-state index in [0.717, 1.165) is 29.2 Å². The van der Waals surface area contributed by atoms with Crippen LogP contribution in [-0.2, 0) is 13.0 Å². The van der Waals surface area contributed by atoms with Gasteiger partial charge >= 0.3 is 0 Å². The first-order valence-corrected chi connectivity index (χ1v) is 8.34. The number of ether oxygens (including phenoxy) is 1. The van der Waals surface area contributed by atoms with Crippen molar-refractivity contribution in [1.82, 2.24) is 9.97 Å². The maximum Gasteiger partial charge on any atom is 0.224 e. The number of para-hydroxylation sites is 2. The second kappa shape index (κ2) is 8.15. The second-order valence-electron chi connectivity index (χ2n) is 5.57. The first-order valence-electron chi connectivity index (χ1n) is 8.34. The third kappa shape index (κ3) is 4.26. The topological polar surface area (TPSA) is 59.1 Å². The van der Waals surface area contributed by atoms with E-state index in [1.165, 1.54) is 5.56 Å². The Hall–Kier alpha value is -3.08. The molecule has 5 heteroatoms. The lowest BCUT2D eigenvalue weighted by molar-refractivity contribution is 0.410. The molecule has 0 bridgehead atoms. The van der Waals surface area contributed by atoms with Crippen molar-refractivity contribution in [2.45, 2.75) is 19.9 Å². The van der Waals surface area contributed by atoms with Crippen molar-refractivity contribution in [3.8, 4) is 5.75 Å². The van der Waals surface area contributed by atoms with Gasteiger partial charge in [0.05, 0.1) is 7.11 Å². The number of anilines is 3. The van der Waals surface area contributed by atoms with Gasteiger partial charge in [-0.25, -0.2) is 4.98 Å². The molecule has 2 aromatic carbocycles. The molecule has 0 atom stereocenters. The molecular formula is C20H22N4O. The molecule has 3 rings (SSSR count). The van der Waals surface area contributed by atoms with Crippen LogP contribution < -0.4 is 15.4 Å². The first-order chi connectivity index (χ1) is 12.3. The number of aromatic nitrogens is 2. The summed E-state index contributed by atoms with van der Waals surface area (Å²) >= 11 is 0. The Labute approximate surface area is 148 Å². The van der Waals surface area contributed by atoms with Crippen molar-refractivity contribution in [3.63, 3.8) is 0 Å². The molecular weight excluding hydrogens is 312 g/mol. The quantitative estimate of drug-likeness (QED) is 0.670. The summed E-state index contributed by atoms with van der Waals surface area (Å²) in [5.74, 6) is 2.18. The fourth-order valence-corrected chi connectivity index (χ4v) is 2.63. The van der Waals surface area contributed by atoms with E-state index in [-0.39, 0.29) is 0 Å². The highest BCUT2D eigenvalue weighted by Gasteiger charge is 2.05. The minimum absolute atomic E-state index is 0.574. The minimum Gasteiger partial charge on any atom is -0.496 e. The highest BCUT2D eigenvalue weighted by Crippen LogP contribution is 2.21. The van der Waals surface area contributed by atoms with Crippen LogP contribution in [0, 0.1) is 0 Å². The van der Waals surface area contributed by atoms with Gasteiger partial charge < -0.3 is 15.4 Å². The molecule has 1 heterocycles. The molecule has 0 aliphatic rings. The standard InChI is InChI=1S/C20H22N4O/c1-3-15-8-4-6-10-17(15)23-19-12-13-21-20(24-19)22-14-16-9-5-7-11-18(16)25-2/h4-13H,3,14H2,1-2H3,(H2,21,22,23,24). The lowest BCUT2D eigenvalue weighted by Gasteiger charge is -2.12. The lowest BCUT2D eigenvalue weighted by Crippen LogP contribution is -2.06. The Bertz CT molecular complexity index is 835. The number of hydrogen-bond donors (Lipinski definition) is 2. The first kappa shape index (κ1) is 16.8. The summed E-state index contributed by atoms with van der Waals surface area (Å²) < 4.78 is 5.37. The van der Waals surface area contributed by atoms with Crippen LogP contribution in [0.15, 0.2) is 60.8 Å². The average molecular weight is 334 g/mol. The zero-order chi connectivity index (χ0) is 17.5. The maximum atomic E-state index is 5.37. The fourth-order valence-electron chi connectivity index (χ4n) is 2.63. The van der Waals surface area contributed by atoms with Crippen LogP contribution in [-0.4, -0.2) is 17.1 Å². The van der Waals surface area contributed by atoms with Crippen LogP contribution in [0.3, 0.4) is 0 Å². The van der Waals surface area contributed by atoms with Crippen LogP contribution in [0.2, 0.25) is 0 Å². The summed E-state index contributed by atoms with van der Waals surface area (Å²) in [7, 11) is 1.67. The predicted molar refractivity (Wildman–Crippen MR) is 101 cm³/mol. The Morgan fingerprint density at radius 1 is 0.960 bits per heavy atom. The van der Waals surface area contributed by atoms with Gasteiger partial charge in [0.15, 0.2) is 0 Å². The summed E-state index contributed by atoms with van der Waals surface area (Å²) in [5.41, 5.74) is 3.38. The summed E-state index contributed by atoms with van der Waals surface area (Å²) in [6, 6.07) is 18.0. The smallest absolute Gasteiger partial charge is 0.224 e. The summed E-state index contributed by atoms with van der Waals surface area (Å²) in [6.07, 6.45) is 2.71. The van der Waals surface area contributed by atoms with E-state index in [9.17, 15) is 0 Å². The molecule has 0 aliphatic carbocycles. The SMILES string of the molecule is CCc1ccccc1Nc1ccnc(NCc2ccccc2OC)n1. The number of methoxy groups -OCH3 is 1. The second-order valence-corrected chi connectivity index (χ2v) is 5.57. The normalized spacial score (nSPS) is 10.3. The summed E-state index contributed by atoms with van der Waals surface area (Å²) in [6.45, 7) is 2.74. The minimum atomic E-state index is 0.574. The lowest BCUT2D eigenvalue weighted by atomic mass is 10.1. The van der Waals surface area contributed by atoms with E-state index in [1.54, 1.807) is 13.3 Å². The molecule has 0 fully saturated rings. The largest absolute Gasteiger partial charge is 0.496 e. The number of nitrogens with one attached hydrogen (secondary N) is 2. The van der Waals surface area contributed by atoms with E-state index in [0.29, 0.717) is 12.5 Å². The fraction of sp³-hybridized carbons (Fsp3) is 0.200. The molecule has 128 valence electrons. The van der Waals surface area contributed by atoms with Crippen molar-refractivity contribution in [1.29, 1.82) is 0 Å². The molecule has 0 saturated heterocycles. The van der Waals surface area contributed by atoms with E-state index >= 15 is 0 Å². The van der Waals surface area contributed by atoms with Crippen molar-refractivity contribution in [2.24, 2.45) is 0 Å². The van der Waals surface area contributed by atoms with Gasteiger partial charge in [-0.15, -0.1) is 0 Å². The van der Waals surface area contributed by atoms with Gasteiger partial charge in [-0.05, 0) is 30.2 Å². The van der Waals surface area contributed by atoms with Gasteiger partial charge in [0, 0.05) is 24.0 Å². The Balaban J connectivity index is 1.71. The Morgan fingerprint density at radius 2 is 1.72 bits per heavy atom. The molecule has 0 amide bonds. The molecule has 0 unspecified atom stereocenters.